The van der Waals surface area contributed by atoms with Crippen LogP contribution >= 0.6 is 12.2 Å². The topological polar surface area (TPSA) is 59.6 Å². The zero-order valence-corrected chi connectivity index (χ0v) is 8.89. The van der Waals surface area contributed by atoms with E-state index in [1.807, 2.05) is 0 Å². The molecule has 0 radical (unpaired) electrons. The molecule has 0 amide bonds. The zero-order chi connectivity index (χ0) is 11.7. The van der Waals surface area contributed by atoms with E-state index in [9.17, 15) is 8.78 Å². The van der Waals surface area contributed by atoms with Gasteiger partial charge in [-0.3, -0.25) is 5.10 Å². The number of hydrogen-bond acceptors (Lipinski definition) is 3. The molecule has 0 unspecified atom stereocenters. The number of nitrogens with one attached hydrogen (secondary N) is 1. The van der Waals surface area contributed by atoms with Crippen LogP contribution in [0.1, 0.15) is 11.4 Å². The number of nitrogen functional groups attached to an aromatic ring is 1. The molecule has 1 aromatic carbocycles. The van der Waals surface area contributed by atoms with Gasteiger partial charge in [-0.2, -0.15) is 5.10 Å². The quantitative estimate of drug-likeness (QED) is 0.620. The Morgan fingerprint density at radius 1 is 1.44 bits per heavy atom. The van der Waals surface area contributed by atoms with Crippen LogP contribution in [-0.2, 0) is 6.42 Å². The van der Waals surface area contributed by atoms with Crippen LogP contribution in [0.25, 0.3) is 0 Å². The lowest BCUT2D eigenvalue weighted by molar-refractivity contribution is 0.573. The molecule has 16 heavy (non-hydrogen) atoms. The van der Waals surface area contributed by atoms with E-state index in [1.54, 1.807) is 0 Å². The van der Waals surface area contributed by atoms with Crippen molar-refractivity contribution in [2.45, 2.75) is 6.42 Å². The molecule has 2 aromatic rings. The molecule has 0 atom stereocenters. The Morgan fingerprint density at radius 3 is 2.75 bits per heavy atom. The zero-order valence-electron chi connectivity index (χ0n) is 8.08. The lowest BCUT2D eigenvalue weighted by Crippen LogP contribution is -2.13. The predicted molar refractivity (Wildman–Crippen MR) is 56.7 cm³/mol. The first kappa shape index (κ1) is 10.7. The van der Waals surface area contributed by atoms with E-state index in [0.717, 1.165) is 10.7 Å². The summed E-state index contributed by atoms with van der Waals surface area (Å²) in [6.45, 7) is 0. The molecular weight excluding hydrogens is 234 g/mol. The van der Waals surface area contributed by atoms with Crippen molar-refractivity contribution in [1.29, 1.82) is 0 Å². The van der Waals surface area contributed by atoms with E-state index in [4.69, 9.17) is 18.1 Å². The summed E-state index contributed by atoms with van der Waals surface area (Å²) in [5.41, 5.74) is 0.308. The molecule has 0 aliphatic rings. The molecule has 1 aromatic heterocycles. The first-order chi connectivity index (χ1) is 7.58. The lowest BCUT2D eigenvalue weighted by atomic mass is 10.1. The minimum atomic E-state index is -0.631. The third-order valence-electron chi connectivity index (χ3n) is 2.14. The number of nitrogens with two attached hydrogens (primary N) is 1. The number of halogens is 2. The van der Waals surface area contributed by atoms with Gasteiger partial charge in [0.2, 0.25) is 4.77 Å². The molecule has 4 nitrogen and oxygen atoms in total. The summed E-state index contributed by atoms with van der Waals surface area (Å²) in [6, 6.07) is 3.35. The maximum absolute atomic E-state index is 13.3. The van der Waals surface area contributed by atoms with Gasteiger partial charge in [-0.05, 0) is 23.8 Å². The lowest BCUT2D eigenvalue weighted by Gasteiger charge is -2.02. The number of hydrogen-bond donors (Lipinski definition) is 2. The summed E-state index contributed by atoms with van der Waals surface area (Å²) >= 11 is 4.81. The van der Waals surface area contributed by atoms with Crippen LogP contribution in [0, 0.1) is 16.4 Å². The van der Waals surface area contributed by atoms with Gasteiger partial charge >= 0.3 is 0 Å². The van der Waals surface area contributed by atoms with E-state index in [0.29, 0.717) is 11.4 Å². The van der Waals surface area contributed by atoms with Gasteiger partial charge in [-0.15, -0.1) is 0 Å². The summed E-state index contributed by atoms with van der Waals surface area (Å²) < 4.78 is 27.4. The van der Waals surface area contributed by atoms with Crippen LogP contribution in [0.15, 0.2) is 18.2 Å². The Hall–Kier alpha value is -1.76. The fraction of sp³-hybridized carbons (Fsp3) is 0.111. The van der Waals surface area contributed by atoms with Crippen LogP contribution in [0.5, 0.6) is 0 Å². The van der Waals surface area contributed by atoms with E-state index in [2.05, 4.69) is 10.2 Å². The Labute approximate surface area is 94.7 Å². The van der Waals surface area contributed by atoms with Crippen molar-refractivity contribution in [2.75, 3.05) is 5.84 Å². The van der Waals surface area contributed by atoms with Crippen molar-refractivity contribution < 1.29 is 8.78 Å². The van der Waals surface area contributed by atoms with Gasteiger partial charge in [0, 0.05) is 12.5 Å². The minimum Gasteiger partial charge on any atom is -0.335 e. The molecule has 0 aliphatic carbocycles. The summed E-state index contributed by atoms with van der Waals surface area (Å²) in [6.07, 6.45) is 0.149. The molecular formula is C9H8F2N4S. The standard InChI is InChI=1S/C9H8F2N4S/c10-6-2-1-5(7(11)4-6)3-8-13-14-9(16)15(8)12/h1-2,4H,3,12H2,(H,14,16). The maximum Gasteiger partial charge on any atom is 0.214 e. The molecule has 7 heteroatoms. The van der Waals surface area contributed by atoms with Crippen LogP contribution in [0.4, 0.5) is 8.78 Å². The second-order valence-corrected chi connectivity index (χ2v) is 3.61. The smallest absolute Gasteiger partial charge is 0.214 e. The average Bonchev–Trinajstić information content (AvgIpc) is 2.54. The van der Waals surface area contributed by atoms with Crippen molar-refractivity contribution in [3.63, 3.8) is 0 Å². The van der Waals surface area contributed by atoms with Crippen molar-refractivity contribution in [3.05, 3.63) is 46.0 Å². The second kappa shape index (κ2) is 4.01. The van der Waals surface area contributed by atoms with E-state index < -0.39 is 11.6 Å². The molecule has 0 saturated carbocycles. The van der Waals surface area contributed by atoms with E-state index >= 15 is 0 Å². The van der Waals surface area contributed by atoms with Gasteiger partial charge in [0.1, 0.15) is 11.6 Å². The van der Waals surface area contributed by atoms with Crippen LogP contribution < -0.4 is 5.84 Å². The molecule has 84 valence electrons. The SMILES string of the molecule is Nn1c(Cc2ccc(F)cc2F)n[nH]c1=S. The van der Waals surface area contributed by atoms with Gasteiger partial charge in [-0.1, -0.05) is 6.07 Å². The molecule has 0 saturated heterocycles. The number of rotatable bonds is 2. The molecule has 3 N–H and O–H groups in total. The summed E-state index contributed by atoms with van der Waals surface area (Å²) in [4.78, 5) is 0. The van der Waals surface area contributed by atoms with Crippen molar-refractivity contribution >= 4 is 12.2 Å². The number of aromatic nitrogens is 3. The minimum absolute atomic E-state index is 0.149. The van der Waals surface area contributed by atoms with Crippen molar-refractivity contribution in [2.24, 2.45) is 0 Å². The third-order valence-corrected chi connectivity index (χ3v) is 2.43. The molecule has 1 heterocycles. The number of aromatic amines is 1. The van der Waals surface area contributed by atoms with Crippen molar-refractivity contribution in [1.82, 2.24) is 14.9 Å². The van der Waals surface area contributed by atoms with Gasteiger partial charge < -0.3 is 5.84 Å². The molecule has 0 spiro atoms. The summed E-state index contributed by atoms with van der Waals surface area (Å²) in [5.74, 6) is 4.69. The fourth-order valence-corrected chi connectivity index (χ4v) is 1.45. The van der Waals surface area contributed by atoms with Crippen LogP contribution in [0.3, 0.4) is 0 Å². The van der Waals surface area contributed by atoms with Crippen LogP contribution in [-0.4, -0.2) is 14.9 Å². The molecule has 0 aliphatic heterocycles. The van der Waals surface area contributed by atoms with E-state index in [-0.39, 0.29) is 11.2 Å². The normalized spacial score (nSPS) is 10.6. The Bertz CT molecular complexity index is 575. The average molecular weight is 242 g/mol. The summed E-state index contributed by atoms with van der Waals surface area (Å²) in [5, 5.41) is 6.32. The van der Waals surface area contributed by atoms with Gasteiger partial charge in [0.25, 0.3) is 0 Å². The second-order valence-electron chi connectivity index (χ2n) is 3.23. The maximum atomic E-state index is 13.3. The first-order valence-electron chi connectivity index (χ1n) is 4.43. The first-order valence-corrected chi connectivity index (χ1v) is 4.84. The van der Waals surface area contributed by atoms with Crippen LogP contribution in [0.2, 0.25) is 0 Å². The highest BCUT2D eigenvalue weighted by Gasteiger charge is 2.09. The number of benzene rings is 1. The predicted octanol–water partition coefficient (Wildman–Crippen LogP) is 1.52. The van der Waals surface area contributed by atoms with Gasteiger partial charge in [0.05, 0.1) is 0 Å². The largest absolute Gasteiger partial charge is 0.335 e. The molecule has 0 bridgehead atoms. The fourth-order valence-electron chi connectivity index (χ4n) is 1.30. The monoisotopic (exact) mass is 242 g/mol. The Morgan fingerprint density at radius 2 is 2.19 bits per heavy atom. The van der Waals surface area contributed by atoms with Crippen molar-refractivity contribution in [3.8, 4) is 0 Å². The summed E-state index contributed by atoms with van der Waals surface area (Å²) in [7, 11) is 0. The number of nitrogens with zero attached hydrogens (tertiary/aromatic N) is 2. The van der Waals surface area contributed by atoms with Gasteiger partial charge in [-0.25, -0.2) is 13.5 Å². The Kier molecular flexibility index (Phi) is 2.69. The van der Waals surface area contributed by atoms with Gasteiger partial charge in [0.15, 0.2) is 5.82 Å². The molecule has 2 rings (SSSR count). The van der Waals surface area contributed by atoms with E-state index in [1.165, 1.54) is 12.1 Å². The molecule has 0 fully saturated rings. The highest BCUT2D eigenvalue weighted by atomic mass is 32.1. The Balaban J connectivity index is 2.34. The highest BCUT2D eigenvalue weighted by Crippen LogP contribution is 2.12. The number of H-pyrrole nitrogens is 1. The third kappa shape index (κ3) is 1.94. The highest BCUT2D eigenvalue weighted by molar-refractivity contribution is 7.71.